The van der Waals surface area contributed by atoms with Crippen molar-refractivity contribution in [1.29, 1.82) is 0 Å². The van der Waals surface area contributed by atoms with E-state index in [4.69, 9.17) is 0 Å². The molecule has 1 N–H and O–H groups in total. The first kappa shape index (κ1) is 21.5. The Balaban J connectivity index is 1.78. The molecule has 2 aromatic rings. The smallest absolute Gasteiger partial charge is 0.243 e. The van der Waals surface area contributed by atoms with E-state index in [0.717, 1.165) is 29.2 Å². The molecule has 1 aromatic carbocycles. The fourth-order valence-corrected chi connectivity index (χ4v) is 5.17. The minimum absolute atomic E-state index is 0.283. The number of aryl methyl sites for hydroxylation is 2. The van der Waals surface area contributed by atoms with Crippen LogP contribution < -0.4 is 10.2 Å². The van der Waals surface area contributed by atoms with E-state index in [9.17, 15) is 8.42 Å². The van der Waals surface area contributed by atoms with Gasteiger partial charge in [0.2, 0.25) is 16.0 Å². The molecule has 0 aliphatic carbocycles. The van der Waals surface area contributed by atoms with Gasteiger partial charge in [-0.05, 0) is 43.9 Å². The zero-order valence-corrected chi connectivity index (χ0v) is 18.8. The van der Waals surface area contributed by atoms with Crippen LogP contribution in [0.3, 0.4) is 0 Å². The number of benzene rings is 1. The normalized spacial score (nSPS) is 15.7. The molecule has 29 heavy (non-hydrogen) atoms. The molecule has 0 amide bonds. The molecule has 1 saturated heterocycles. The van der Waals surface area contributed by atoms with Gasteiger partial charge >= 0.3 is 0 Å². The molecule has 0 unspecified atom stereocenters. The number of piperazine rings is 1. The summed E-state index contributed by atoms with van der Waals surface area (Å²) in [5.41, 5.74) is 2.72. The molecule has 0 saturated carbocycles. The summed E-state index contributed by atoms with van der Waals surface area (Å²) in [6.07, 6.45) is 0. The van der Waals surface area contributed by atoms with Crippen LogP contribution >= 0.6 is 0 Å². The molecule has 158 valence electrons. The predicted octanol–water partition coefficient (Wildman–Crippen LogP) is 3.16. The van der Waals surface area contributed by atoms with Crippen molar-refractivity contribution in [2.75, 3.05) is 42.9 Å². The molecule has 2 heterocycles. The highest BCUT2D eigenvalue weighted by Crippen LogP contribution is 2.26. The number of hydrogen-bond acceptors (Lipinski definition) is 6. The number of nitrogens with one attached hydrogen (secondary N) is 1. The second kappa shape index (κ2) is 8.67. The SMILES string of the molecule is CCNc1cc(C)nc(N2CCN(S(=O)(=O)c3cc(C(C)C)ccc3C)CC2)n1. The Morgan fingerprint density at radius 3 is 2.38 bits per heavy atom. The fourth-order valence-electron chi connectivity index (χ4n) is 3.49. The van der Waals surface area contributed by atoms with Gasteiger partial charge in [0, 0.05) is 44.5 Å². The Labute approximate surface area is 174 Å². The summed E-state index contributed by atoms with van der Waals surface area (Å²) >= 11 is 0. The van der Waals surface area contributed by atoms with Gasteiger partial charge in [0.25, 0.3) is 0 Å². The maximum atomic E-state index is 13.3. The van der Waals surface area contributed by atoms with Crippen LogP contribution in [0.5, 0.6) is 0 Å². The van der Waals surface area contributed by atoms with Gasteiger partial charge in [-0.3, -0.25) is 0 Å². The summed E-state index contributed by atoms with van der Waals surface area (Å²) in [5.74, 6) is 1.73. The third-order valence-electron chi connectivity index (χ3n) is 5.22. The molecule has 1 aliphatic rings. The molecule has 1 aliphatic heterocycles. The first-order valence-corrected chi connectivity index (χ1v) is 11.6. The summed E-state index contributed by atoms with van der Waals surface area (Å²) in [5, 5.41) is 3.22. The van der Waals surface area contributed by atoms with E-state index < -0.39 is 10.0 Å². The molecule has 0 bridgehead atoms. The van der Waals surface area contributed by atoms with Crippen LogP contribution in [0.25, 0.3) is 0 Å². The predicted molar refractivity (Wildman–Crippen MR) is 117 cm³/mol. The molecule has 0 spiro atoms. The van der Waals surface area contributed by atoms with Crippen LogP contribution in [0.1, 0.15) is 43.5 Å². The van der Waals surface area contributed by atoms with Crippen LogP contribution in [-0.4, -0.2) is 55.4 Å². The first-order valence-electron chi connectivity index (χ1n) is 10.2. The van der Waals surface area contributed by atoms with E-state index in [2.05, 4.69) is 34.0 Å². The molecule has 1 aromatic heterocycles. The molecule has 3 rings (SSSR count). The van der Waals surface area contributed by atoms with Crippen molar-refractivity contribution in [2.24, 2.45) is 0 Å². The summed E-state index contributed by atoms with van der Waals surface area (Å²) in [4.78, 5) is 11.6. The van der Waals surface area contributed by atoms with Crippen molar-refractivity contribution in [1.82, 2.24) is 14.3 Å². The van der Waals surface area contributed by atoms with E-state index in [0.29, 0.717) is 37.0 Å². The van der Waals surface area contributed by atoms with E-state index in [-0.39, 0.29) is 5.92 Å². The Morgan fingerprint density at radius 1 is 1.07 bits per heavy atom. The molecule has 8 heteroatoms. The lowest BCUT2D eigenvalue weighted by molar-refractivity contribution is 0.382. The average molecular weight is 418 g/mol. The highest BCUT2D eigenvalue weighted by atomic mass is 32.2. The van der Waals surface area contributed by atoms with Crippen LogP contribution in [0, 0.1) is 13.8 Å². The largest absolute Gasteiger partial charge is 0.370 e. The topological polar surface area (TPSA) is 78.4 Å². The highest BCUT2D eigenvalue weighted by Gasteiger charge is 2.30. The second-order valence-electron chi connectivity index (χ2n) is 7.80. The summed E-state index contributed by atoms with van der Waals surface area (Å²) in [6, 6.07) is 7.65. The Hall–Kier alpha value is -2.19. The zero-order valence-electron chi connectivity index (χ0n) is 17.9. The lowest BCUT2D eigenvalue weighted by Crippen LogP contribution is -2.49. The van der Waals surface area contributed by atoms with Gasteiger partial charge in [-0.25, -0.2) is 13.4 Å². The second-order valence-corrected chi connectivity index (χ2v) is 9.70. The van der Waals surface area contributed by atoms with Gasteiger partial charge < -0.3 is 10.2 Å². The molecule has 1 fully saturated rings. The summed E-state index contributed by atoms with van der Waals surface area (Å²) < 4.78 is 28.2. The van der Waals surface area contributed by atoms with Crippen molar-refractivity contribution in [2.45, 2.75) is 45.4 Å². The highest BCUT2D eigenvalue weighted by molar-refractivity contribution is 7.89. The minimum atomic E-state index is -3.53. The van der Waals surface area contributed by atoms with E-state index in [1.54, 1.807) is 4.31 Å². The fraction of sp³-hybridized carbons (Fsp3) is 0.524. The standard InChI is InChI=1S/C21H31N5O2S/c1-6-22-20-13-17(5)23-21(24-20)25-9-11-26(12-10-25)29(27,28)19-14-18(15(2)3)8-7-16(19)4/h7-8,13-15H,6,9-12H2,1-5H3,(H,22,23,24). The zero-order chi connectivity index (χ0) is 21.2. The maximum absolute atomic E-state index is 13.3. The Bertz CT molecular complexity index is 967. The molecular weight excluding hydrogens is 386 g/mol. The van der Waals surface area contributed by atoms with E-state index in [1.165, 1.54) is 0 Å². The number of anilines is 2. The van der Waals surface area contributed by atoms with Crippen molar-refractivity contribution in [3.8, 4) is 0 Å². The minimum Gasteiger partial charge on any atom is -0.370 e. The lowest BCUT2D eigenvalue weighted by atomic mass is 10.0. The van der Waals surface area contributed by atoms with Crippen LogP contribution in [-0.2, 0) is 10.0 Å². The number of sulfonamides is 1. The van der Waals surface area contributed by atoms with Gasteiger partial charge in [0.15, 0.2) is 0 Å². The first-order chi connectivity index (χ1) is 13.7. The average Bonchev–Trinajstić information content (AvgIpc) is 2.68. The van der Waals surface area contributed by atoms with Crippen LogP contribution in [0.15, 0.2) is 29.2 Å². The van der Waals surface area contributed by atoms with Gasteiger partial charge in [0.1, 0.15) is 5.82 Å². The number of nitrogens with zero attached hydrogens (tertiary/aromatic N) is 4. The van der Waals surface area contributed by atoms with Crippen molar-refractivity contribution < 1.29 is 8.42 Å². The molecular formula is C21H31N5O2S. The number of aromatic nitrogens is 2. The molecule has 0 radical (unpaired) electrons. The van der Waals surface area contributed by atoms with Crippen LogP contribution in [0.4, 0.5) is 11.8 Å². The quantitative estimate of drug-likeness (QED) is 0.778. The molecule has 7 nitrogen and oxygen atoms in total. The third-order valence-corrected chi connectivity index (χ3v) is 7.26. The Morgan fingerprint density at radius 2 is 1.76 bits per heavy atom. The van der Waals surface area contributed by atoms with Gasteiger partial charge in [-0.15, -0.1) is 0 Å². The third kappa shape index (κ3) is 4.70. The summed E-state index contributed by atoms with van der Waals surface area (Å²) in [6.45, 7) is 12.7. The van der Waals surface area contributed by atoms with Gasteiger partial charge in [-0.2, -0.15) is 9.29 Å². The Kier molecular flexibility index (Phi) is 6.43. The number of hydrogen-bond donors (Lipinski definition) is 1. The molecule has 0 atom stereocenters. The van der Waals surface area contributed by atoms with Crippen molar-refractivity contribution >= 4 is 21.8 Å². The lowest BCUT2D eigenvalue weighted by Gasteiger charge is -2.34. The van der Waals surface area contributed by atoms with Crippen molar-refractivity contribution in [3.63, 3.8) is 0 Å². The van der Waals surface area contributed by atoms with Crippen LogP contribution in [0.2, 0.25) is 0 Å². The monoisotopic (exact) mass is 417 g/mol. The maximum Gasteiger partial charge on any atom is 0.243 e. The van der Waals surface area contributed by atoms with E-state index >= 15 is 0 Å². The number of rotatable bonds is 6. The van der Waals surface area contributed by atoms with Gasteiger partial charge in [0.05, 0.1) is 4.90 Å². The van der Waals surface area contributed by atoms with Gasteiger partial charge in [-0.1, -0.05) is 26.0 Å². The van der Waals surface area contributed by atoms with E-state index in [1.807, 2.05) is 45.0 Å². The van der Waals surface area contributed by atoms with Crippen molar-refractivity contribution in [3.05, 3.63) is 41.1 Å². The summed E-state index contributed by atoms with van der Waals surface area (Å²) in [7, 11) is -3.53.